The molecule has 2 heterocycles. The van der Waals surface area contributed by atoms with E-state index in [9.17, 15) is 17.6 Å². The second-order valence-corrected chi connectivity index (χ2v) is 8.55. The summed E-state index contributed by atoms with van der Waals surface area (Å²) in [6.45, 7) is 1.90. The molecule has 33 heavy (non-hydrogen) atoms. The number of rotatable bonds is 4. The van der Waals surface area contributed by atoms with Gasteiger partial charge in [-0.2, -0.15) is 22.8 Å². The van der Waals surface area contributed by atoms with Crippen LogP contribution in [0.4, 0.5) is 17.6 Å². The fourth-order valence-electron chi connectivity index (χ4n) is 3.62. The molecule has 5 aromatic rings. The highest BCUT2D eigenvalue weighted by atomic mass is 32.1. The van der Waals surface area contributed by atoms with E-state index in [1.165, 1.54) is 34.1 Å². The lowest BCUT2D eigenvalue weighted by Crippen LogP contribution is -2.05. The van der Waals surface area contributed by atoms with Gasteiger partial charge in [0.25, 0.3) is 0 Å². The molecule has 0 aliphatic heterocycles. The largest absolute Gasteiger partial charge is 0.416 e. The van der Waals surface area contributed by atoms with Crippen LogP contribution >= 0.6 is 11.3 Å². The van der Waals surface area contributed by atoms with Crippen LogP contribution in [0.25, 0.3) is 27.5 Å². The van der Waals surface area contributed by atoms with Crippen LogP contribution in [0.2, 0.25) is 0 Å². The predicted octanol–water partition coefficient (Wildman–Crippen LogP) is 6.83. The number of benzene rings is 3. The lowest BCUT2D eigenvalue weighted by atomic mass is 9.97. The first kappa shape index (κ1) is 21.3. The molecular formula is C24H16F4N4S. The quantitative estimate of drug-likeness (QED) is 0.272. The summed E-state index contributed by atoms with van der Waals surface area (Å²) in [5, 5.41) is 13.3. The maximum absolute atomic E-state index is 14.8. The number of aromatic nitrogens is 4. The van der Waals surface area contributed by atoms with Crippen molar-refractivity contribution in [1.29, 1.82) is 0 Å². The number of halogens is 4. The molecule has 0 spiro atoms. The highest BCUT2D eigenvalue weighted by molar-refractivity contribution is 7.16. The second kappa shape index (κ2) is 8.08. The van der Waals surface area contributed by atoms with Gasteiger partial charge in [0.05, 0.1) is 5.56 Å². The summed E-state index contributed by atoms with van der Waals surface area (Å²) in [6.07, 6.45) is -4.46. The summed E-state index contributed by atoms with van der Waals surface area (Å²) >= 11 is 1.27. The van der Waals surface area contributed by atoms with Crippen molar-refractivity contribution in [3.63, 3.8) is 0 Å². The third kappa shape index (κ3) is 4.00. The zero-order valence-electron chi connectivity index (χ0n) is 17.2. The molecule has 0 saturated heterocycles. The molecule has 0 amide bonds. The van der Waals surface area contributed by atoms with Gasteiger partial charge in [-0.1, -0.05) is 72.9 Å². The molecule has 1 atom stereocenters. The Kier molecular flexibility index (Phi) is 5.20. The minimum atomic E-state index is -4.46. The topological polar surface area (TPSA) is 43.1 Å². The Hall–Kier alpha value is -3.59. The molecule has 2 aromatic heterocycles. The summed E-state index contributed by atoms with van der Waals surface area (Å²) in [4.78, 5) is 0.450. The second-order valence-electron chi connectivity index (χ2n) is 7.56. The van der Waals surface area contributed by atoms with Gasteiger partial charge in [0.15, 0.2) is 5.82 Å². The summed E-state index contributed by atoms with van der Waals surface area (Å²) in [5.74, 6) is -0.361. The van der Waals surface area contributed by atoms with Crippen LogP contribution in [0.5, 0.6) is 0 Å². The molecule has 3 aromatic carbocycles. The SMILES string of the molecule is C[C@@H](c1ccc(-c2ccccc2)c(F)c1)c1nn2c(-c3cccc(C(F)(F)F)c3)nnc2s1. The van der Waals surface area contributed by atoms with Gasteiger partial charge >= 0.3 is 6.18 Å². The summed E-state index contributed by atoms with van der Waals surface area (Å²) in [5.41, 5.74) is 1.53. The minimum Gasteiger partial charge on any atom is -0.206 e. The first-order valence-corrected chi connectivity index (χ1v) is 10.9. The number of hydrogen-bond acceptors (Lipinski definition) is 4. The van der Waals surface area contributed by atoms with Gasteiger partial charge in [0.2, 0.25) is 4.96 Å². The van der Waals surface area contributed by atoms with Crippen LogP contribution in [0.1, 0.15) is 29.0 Å². The highest BCUT2D eigenvalue weighted by Crippen LogP contribution is 2.34. The van der Waals surface area contributed by atoms with Crippen LogP contribution in [0.3, 0.4) is 0 Å². The number of fused-ring (bicyclic) bond motifs is 1. The van der Waals surface area contributed by atoms with Crippen molar-refractivity contribution in [1.82, 2.24) is 19.8 Å². The van der Waals surface area contributed by atoms with Gasteiger partial charge in [0.1, 0.15) is 10.8 Å². The first-order chi connectivity index (χ1) is 15.8. The highest BCUT2D eigenvalue weighted by Gasteiger charge is 2.31. The Balaban J connectivity index is 1.48. The van der Waals surface area contributed by atoms with Gasteiger partial charge in [-0.25, -0.2) is 4.39 Å². The van der Waals surface area contributed by atoms with Crippen molar-refractivity contribution in [2.24, 2.45) is 0 Å². The van der Waals surface area contributed by atoms with E-state index in [4.69, 9.17) is 0 Å². The van der Waals surface area contributed by atoms with E-state index >= 15 is 0 Å². The van der Waals surface area contributed by atoms with E-state index < -0.39 is 11.7 Å². The molecule has 0 radical (unpaired) electrons. The van der Waals surface area contributed by atoms with E-state index in [1.54, 1.807) is 6.07 Å². The van der Waals surface area contributed by atoms with Crippen molar-refractivity contribution >= 4 is 16.3 Å². The van der Waals surface area contributed by atoms with E-state index in [0.717, 1.165) is 23.3 Å². The van der Waals surface area contributed by atoms with E-state index in [1.807, 2.05) is 43.3 Å². The Morgan fingerprint density at radius 2 is 1.64 bits per heavy atom. The maximum atomic E-state index is 14.8. The molecule has 5 rings (SSSR count). The number of nitrogens with zero attached hydrogens (tertiary/aromatic N) is 4. The molecule has 0 saturated carbocycles. The Labute approximate surface area is 190 Å². The van der Waals surface area contributed by atoms with Crippen LogP contribution in [0.15, 0.2) is 72.8 Å². The van der Waals surface area contributed by atoms with E-state index in [0.29, 0.717) is 15.5 Å². The Morgan fingerprint density at radius 3 is 2.36 bits per heavy atom. The zero-order valence-corrected chi connectivity index (χ0v) is 18.0. The van der Waals surface area contributed by atoms with Gasteiger partial charge in [-0.05, 0) is 29.3 Å². The van der Waals surface area contributed by atoms with Crippen LogP contribution in [-0.2, 0) is 6.18 Å². The van der Waals surface area contributed by atoms with Gasteiger partial charge in [0, 0.05) is 17.0 Å². The first-order valence-electron chi connectivity index (χ1n) is 10.1. The Bertz CT molecular complexity index is 1440. The monoisotopic (exact) mass is 468 g/mol. The normalized spacial score (nSPS) is 12.9. The predicted molar refractivity (Wildman–Crippen MR) is 118 cm³/mol. The lowest BCUT2D eigenvalue weighted by molar-refractivity contribution is -0.137. The van der Waals surface area contributed by atoms with Crippen molar-refractivity contribution in [3.8, 4) is 22.5 Å². The molecule has 0 fully saturated rings. The van der Waals surface area contributed by atoms with Crippen LogP contribution in [0, 0.1) is 5.82 Å². The Morgan fingerprint density at radius 1 is 0.879 bits per heavy atom. The summed E-state index contributed by atoms with van der Waals surface area (Å²) < 4.78 is 55.6. The zero-order chi connectivity index (χ0) is 23.2. The van der Waals surface area contributed by atoms with Crippen molar-refractivity contribution < 1.29 is 17.6 Å². The fourth-order valence-corrected chi connectivity index (χ4v) is 4.53. The maximum Gasteiger partial charge on any atom is 0.416 e. The molecule has 0 aliphatic carbocycles. The van der Waals surface area contributed by atoms with Crippen LogP contribution in [-0.4, -0.2) is 19.8 Å². The minimum absolute atomic E-state index is 0.219. The van der Waals surface area contributed by atoms with E-state index in [-0.39, 0.29) is 23.1 Å². The van der Waals surface area contributed by atoms with Crippen molar-refractivity contribution in [3.05, 3.63) is 94.7 Å². The van der Waals surface area contributed by atoms with Gasteiger partial charge in [-0.15, -0.1) is 10.2 Å². The standard InChI is InChI=1S/C24H16F4N4S/c1-14(16-10-11-19(20(25)13-16)15-6-3-2-4-7-15)22-31-32-21(29-30-23(32)33-22)17-8-5-9-18(12-17)24(26,27)28/h2-14H,1H3/t14-/m0/s1. The summed E-state index contributed by atoms with van der Waals surface area (Å²) in [6, 6.07) is 19.2. The van der Waals surface area contributed by atoms with Crippen LogP contribution < -0.4 is 0 Å². The van der Waals surface area contributed by atoms with E-state index in [2.05, 4.69) is 15.3 Å². The number of hydrogen-bond donors (Lipinski definition) is 0. The third-order valence-corrected chi connectivity index (χ3v) is 6.48. The molecule has 4 nitrogen and oxygen atoms in total. The summed E-state index contributed by atoms with van der Waals surface area (Å²) in [7, 11) is 0. The lowest BCUT2D eigenvalue weighted by Gasteiger charge is -2.11. The molecule has 0 N–H and O–H groups in total. The van der Waals surface area contributed by atoms with Crippen molar-refractivity contribution in [2.45, 2.75) is 19.0 Å². The average Bonchev–Trinajstić information content (AvgIpc) is 3.40. The molecule has 0 aliphatic rings. The fraction of sp³-hybridized carbons (Fsp3) is 0.125. The number of alkyl halides is 3. The molecule has 9 heteroatoms. The molecule has 0 bridgehead atoms. The smallest absolute Gasteiger partial charge is 0.206 e. The van der Waals surface area contributed by atoms with Crippen molar-refractivity contribution in [2.75, 3.05) is 0 Å². The molecule has 0 unspecified atom stereocenters. The molecule has 166 valence electrons. The van der Waals surface area contributed by atoms with Gasteiger partial charge in [-0.3, -0.25) is 0 Å². The third-order valence-electron chi connectivity index (χ3n) is 5.40. The molecular weight excluding hydrogens is 452 g/mol. The average molecular weight is 468 g/mol. The van der Waals surface area contributed by atoms with Gasteiger partial charge < -0.3 is 0 Å².